The number of hydrogen-bond acceptors (Lipinski definition) is 20. The zero-order valence-corrected chi connectivity index (χ0v) is 37.5. The second-order valence-electron chi connectivity index (χ2n) is 20.9. The van der Waals surface area contributed by atoms with E-state index in [9.17, 15) is 66.1 Å². The number of aliphatic hydroxyl groups is 12. The lowest BCUT2D eigenvalue weighted by atomic mass is 9.46. The smallest absolute Gasteiger partial charge is 0.187 e. The first-order chi connectivity index (χ1) is 30.7. The summed E-state index contributed by atoms with van der Waals surface area (Å²) < 4.78 is 41.1. The molecule has 0 radical (unpaired) electrons. The number of ketones is 1. The maximum Gasteiger partial charge on any atom is 0.187 e. The molecule has 8 rings (SSSR count). The fourth-order valence-corrected chi connectivity index (χ4v) is 13.3. The molecule has 372 valence electrons. The third-order valence-corrected chi connectivity index (χ3v) is 17.3. The van der Waals surface area contributed by atoms with Gasteiger partial charge in [-0.2, -0.15) is 0 Å². The van der Waals surface area contributed by atoms with Gasteiger partial charge in [-0.1, -0.05) is 39.3 Å². The molecule has 65 heavy (non-hydrogen) atoms. The lowest BCUT2D eigenvalue weighted by Crippen LogP contribution is -2.65. The van der Waals surface area contributed by atoms with Crippen molar-refractivity contribution in [3.8, 4) is 0 Å². The van der Waals surface area contributed by atoms with E-state index in [1.165, 1.54) is 0 Å². The van der Waals surface area contributed by atoms with E-state index in [0.717, 1.165) is 12.0 Å². The van der Waals surface area contributed by atoms with Gasteiger partial charge in [0.1, 0.15) is 79.0 Å². The molecule has 0 amide bonds. The Balaban J connectivity index is 0.869. The van der Waals surface area contributed by atoms with Crippen molar-refractivity contribution in [1.29, 1.82) is 0 Å². The Hall–Kier alpha value is -1.35. The molecule has 4 saturated heterocycles. The van der Waals surface area contributed by atoms with Crippen LogP contribution in [0.1, 0.15) is 79.1 Å². The number of hydrogen-bond donors (Lipinski definition) is 12. The lowest BCUT2D eigenvalue weighted by Gasteiger charge is -2.57. The highest BCUT2D eigenvalue weighted by molar-refractivity contribution is 5.87. The van der Waals surface area contributed by atoms with Crippen LogP contribution >= 0.6 is 0 Å². The number of aliphatic hydroxyl groups excluding tert-OH is 11. The SMILES string of the molecule is C[C@H](CCC1(O)O[C@H]2C[C@H]3[C@@H]4CC=C5C[C@@H](O[C@@H]6O[C@H](CO)[C@H](O[C@@H]7O[C@H](CO)[C@@H](O)[C@H](O)[C@H]7O)[C@H](O)[C@H]6O)CC[C@]5(C)[C@H]4CC(=O)[C@]3(C)[C@H]2[C@@H]1C)CO[C@@H]1O[C@H](CO)[C@@H](O)[C@H](O)[C@H]1O. The maximum absolute atomic E-state index is 14.6. The van der Waals surface area contributed by atoms with Gasteiger partial charge in [-0.05, 0) is 67.6 Å². The van der Waals surface area contributed by atoms with E-state index in [1.807, 2.05) is 13.8 Å². The molecule has 4 heterocycles. The van der Waals surface area contributed by atoms with Crippen LogP contribution in [-0.4, -0.2) is 204 Å². The molecular weight excluding hydrogens is 860 g/mol. The number of fused-ring (bicyclic) bond motifs is 7. The van der Waals surface area contributed by atoms with Crippen LogP contribution in [-0.2, 0) is 38.0 Å². The molecule has 26 atom stereocenters. The molecule has 0 spiro atoms. The van der Waals surface area contributed by atoms with E-state index in [2.05, 4.69) is 19.9 Å². The quantitative estimate of drug-likeness (QED) is 0.0838. The van der Waals surface area contributed by atoms with Gasteiger partial charge in [0.25, 0.3) is 0 Å². The monoisotopic (exact) mass is 932 g/mol. The Morgan fingerprint density at radius 3 is 1.98 bits per heavy atom. The third-order valence-electron chi connectivity index (χ3n) is 17.3. The Morgan fingerprint density at radius 1 is 0.754 bits per heavy atom. The van der Waals surface area contributed by atoms with Crippen LogP contribution in [0.15, 0.2) is 11.6 Å². The van der Waals surface area contributed by atoms with Gasteiger partial charge in [0.05, 0.1) is 38.6 Å². The van der Waals surface area contributed by atoms with Gasteiger partial charge in [-0.3, -0.25) is 4.79 Å². The topological polar surface area (TPSA) is 324 Å². The van der Waals surface area contributed by atoms with Gasteiger partial charge in [0.2, 0.25) is 0 Å². The normalized spacial score (nSPS) is 53.7. The Morgan fingerprint density at radius 2 is 1.34 bits per heavy atom. The average molecular weight is 933 g/mol. The number of carbonyl (C=O) groups excluding carboxylic acids is 1. The number of carbonyl (C=O) groups is 1. The summed E-state index contributed by atoms with van der Waals surface area (Å²) in [5.74, 6) is -1.61. The number of rotatable bonds is 13. The molecule has 12 N–H and O–H groups in total. The van der Waals surface area contributed by atoms with Crippen molar-refractivity contribution in [2.75, 3.05) is 26.4 Å². The zero-order valence-electron chi connectivity index (χ0n) is 37.5. The second-order valence-corrected chi connectivity index (χ2v) is 20.9. The largest absolute Gasteiger partial charge is 0.394 e. The standard InChI is InChI=1S/C45H72O20/c1-18(17-59-40-36(55)33(52)31(50)26(14-46)61-40)7-10-45(58)19(2)30-25(65-45)12-24-22-6-5-20-11-21(8-9-43(20,3)23(22)13-29(49)44(24,30)4)60-41-38(57)35(54)39(28(16-48)63-41)64-42-37(56)34(53)32(51)27(15-47)62-42/h5,18-19,21-28,30-42,46-48,50-58H,6-17H2,1-4H3/t18-,19+,21+,22-,23+,24+,25+,26-,27-,28-,30+,31-,32-,33+,34+,35-,36-,37-,38-,39+,40-,41-,42+,43+,44-,45?/m1/s1. The van der Waals surface area contributed by atoms with E-state index in [1.54, 1.807) is 0 Å². The fraction of sp³-hybridized carbons (Fsp3) is 0.933. The predicted molar refractivity (Wildman–Crippen MR) is 219 cm³/mol. The summed E-state index contributed by atoms with van der Waals surface area (Å²) >= 11 is 0. The Labute approximate surface area is 378 Å². The molecule has 20 nitrogen and oxygen atoms in total. The molecule has 0 aromatic heterocycles. The van der Waals surface area contributed by atoms with Crippen LogP contribution in [0.3, 0.4) is 0 Å². The van der Waals surface area contributed by atoms with Gasteiger partial charge in [-0.25, -0.2) is 0 Å². The highest BCUT2D eigenvalue weighted by Gasteiger charge is 2.71. The highest BCUT2D eigenvalue weighted by Crippen LogP contribution is 2.69. The zero-order chi connectivity index (χ0) is 47.1. The molecule has 7 fully saturated rings. The van der Waals surface area contributed by atoms with Crippen LogP contribution in [0.5, 0.6) is 0 Å². The van der Waals surface area contributed by atoms with Gasteiger partial charge < -0.3 is 94.4 Å². The van der Waals surface area contributed by atoms with E-state index in [-0.39, 0.29) is 65.8 Å². The van der Waals surface area contributed by atoms with Crippen molar-refractivity contribution in [1.82, 2.24) is 0 Å². The minimum Gasteiger partial charge on any atom is -0.394 e. The third kappa shape index (κ3) is 8.60. The number of Topliss-reactive ketones (excluding diaryl/α,β-unsaturated/α-hetero) is 1. The minimum absolute atomic E-state index is 0.0473. The first kappa shape index (κ1) is 50.1. The molecule has 4 aliphatic heterocycles. The van der Waals surface area contributed by atoms with Crippen LogP contribution in [0.25, 0.3) is 0 Å². The van der Waals surface area contributed by atoms with E-state index < -0.39 is 129 Å². The first-order valence-electron chi connectivity index (χ1n) is 23.5. The molecular formula is C45H72O20. The average Bonchev–Trinajstić information content (AvgIpc) is 3.73. The van der Waals surface area contributed by atoms with Gasteiger partial charge in [0, 0.05) is 30.1 Å². The van der Waals surface area contributed by atoms with E-state index in [4.69, 9.17) is 33.2 Å². The van der Waals surface area contributed by atoms with Crippen molar-refractivity contribution in [3.63, 3.8) is 0 Å². The lowest BCUT2D eigenvalue weighted by molar-refractivity contribution is -0.363. The van der Waals surface area contributed by atoms with E-state index in [0.29, 0.717) is 38.5 Å². The number of ether oxygens (including phenoxy) is 7. The van der Waals surface area contributed by atoms with Crippen molar-refractivity contribution >= 4 is 5.78 Å². The van der Waals surface area contributed by atoms with Crippen LogP contribution in [0, 0.1) is 46.3 Å². The molecule has 4 aliphatic carbocycles. The summed E-state index contributed by atoms with van der Waals surface area (Å²) in [7, 11) is 0. The summed E-state index contributed by atoms with van der Waals surface area (Å²) in [6.45, 7) is 6.34. The number of allylic oxidation sites excluding steroid dienone is 1. The summed E-state index contributed by atoms with van der Waals surface area (Å²) in [5.41, 5.74) is 0.155. The van der Waals surface area contributed by atoms with Crippen molar-refractivity contribution < 1.29 is 99.2 Å². The van der Waals surface area contributed by atoms with Crippen molar-refractivity contribution in [2.24, 2.45) is 46.3 Å². The molecule has 8 aliphatic rings. The Bertz CT molecular complexity index is 1700. The van der Waals surface area contributed by atoms with Gasteiger partial charge >= 0.3 is 0 Å². The van der Waals surface area contributed by atoms with Crippen LogP contribution < -0.4 is 0 Å². The molecule has 20 heteroatoms. The summed E-state index contributed by atoms with van der Waals surface area (Å²) in [4.78, 5) is 14.6. The van der Waals surface area contributed by atoms with Crippen LogP contribution in [0.4, 0.5) is 0 Å². The summed E-state index contributed by atoms with van der Waals surface area (Å²) in [6.07, 6.45) is -16.5. The van der Waals surface area contributed by atoms with Gasteiger partial charge in [0.15, 0.2) is 24.7 Å². The van der Waals surface area contributed by atoms with E-state index >= 15 is 0 Å². The van der Waals surface area contributed by atoms with Gasteiger partial charge in [-0.15, -0.1) is 0 Å². The molecule has 1 unspecified atom stereocenters. The minimum atomic E-state index is -1.78. The highest BCUT2D eigenvalue weighted by atomic mass is 16.7. The maximum atomic E-state index is 14.6. The molecule has 3 saturated carbocycles. The van der Waals surface area contributed by atoms with Crippen LogP contribution in [0.2, 0.25) is 0 Å². The molecule has 0 aromatic rings. The molecule has 0 aromatic carbocycles. The fourth-order valence-electron chi connectivity index (χ4n) is 13.3. The Kier molecular flexibility index (Phi) is 14.7. The van der Waals surface area contributed by atoms with Crippen molar-refractivity contribution in [2.45, 2.75) is 189 Å². The second kappa shape index (κ2) is 19.1. The molecule has 0 bridgehead atoms. The van der Waals surface area contributed by atoms with Crippen molar-refractivity contribution in [3.05, 3.63) is 11.6 Å². The predicted octanol–water partition coefficient (Wildman–Crippen LogP) is -2.68. The summed E-state index contributed by atoms with van der Waals surface area (Å²) in [6, 6.07) is 0. The summed E-state index contributed by atoms with van der Waals surface area (Å²) in [5, 5.41) is 125. The first-order valence-corrected chi connectivity index (χ1v) is 23.5.